The van der Waals surface area contributed by atoms with Crippen LogP contribution in [0.25, 0.3) is 0 Å². The average Bonchev–Trinajstić information content (AvgIpc) is 2.51. The first-order valence-corrected chi connectivity index (χ1v) is 8.06. The Balaban J connectivity index is 3.11. The summed E-state index contributed by atoms with van der Waals surface area (Å²) in [5, 5.41) is 9.49. The predicted molar refractivity (Wildman–Crippen MR) is 87.7 cm³/mol. The molecule has 120 valence electrons. The molecule has 1 N–H and O–H groups in total. The van der Waals surface area contributed by atoms with Gasteiger partial charge in [-0.25, -0.2) is 4.98 Å². The second kappa shape index (κ2) is 9.74. The van der Waals surface area contributed by atoms with Crippen LogP contribution >= 0.6 is 0 Å². The van der Waals surface area contributed by atoms with Gasteiger partial charge in [-0.05, 0) is 37.0 Å². The SMILES string of the molecule is CCCc1cc(CO)cc(N(CCOC)C(CC)CC)n1. The molecule has 0 fully saturated rings. The maximum absolute atomic E-state index is 9.49. The van der Waals surface area contributed by atoms with Gasteiger partial charge in [0.15, 0.2) is 0 Å². The van der Waals surface area contributed by atoms with E-state index < -0.39 is 0 Å². The third kappa shape index (κ3) is 5.29. The average molecular weight is 294 g/mol. The van der Waals surface area contributed by atoms with Crippen molar-refractivity contribution in [3.8, 4) is 0 Å². The van der Waals surface area contributed by atoms with Crippen LogP contribution in [0.1, 0.15) is 51.3 Å². The molecule has 0 aromatic carbocycles. The lowest BCUT2D eigenvalue weighted by Crippen LogP contribution is -2.38. The number of hydrogen-bond acceptors (Lipinski definition) is 4. The molecule has 1 aromatic heterocycles. The van der Waals surface area contributed by atoms with Crippen LogP contribution in [0.4, 0.5) is 5.82 Å². The summed E-state index contributed by atoms with van der Waals surface area (Å²) in [5.74, 6) is 0.968. The number of rotatable bonds is 10. The van der Waals surface area contributed by atoms with Gasteiger partial charge >= 0.3 is 0 Å². The molecule has 0 spiro atoms. The molecule has 0 saturated carbocycles. The molecule has 0 unspecified atom stereocenters. The van der Waals surface area contributed by atoms with Gasteiger partial charge in [-0.3, -0.25) is 0 Å². The molecule has 0 amide bonds. The van der Waals surface area contributed by atoms with Crippen LogP contribution in [0.5, 0.6) is 0 Å². The highest BCUT2D eigenvalue weighted by molar-refractivity contribution is 5.44. The molecule has 0 bridgehead atoms. The largest absolute Gasteiger partial charge is 0.392 e. The van der Waals surface area contributed by atoms with Gasteiger partial charge in [0.05, 0.1) is 13.2 Å². The van der Waals surface area contributed by atoms with Gasteiger partial charge in [-0.2, -0.15) is 0 Å². The predicted octanol–water partition coefficient (Wildman–Crippen LogP) is 3.17. The molecule has 4 heteroatoms. The van der Waals surface area contributed by atoms with Crippen molar-refractivity contribution in [2.75, 3.05) is 25.2 Å². The van der Waals surface area contributed by atoms with Crippen LogP contribution in [-0.4, -0.2) is 36.4 Å². The molecular formula is C17H30N2O2. The Bertz CT molecular complexity index is 406. The van der Waals surface area contributed by atoms with Crippen LogP contribution in [0.3, 0.4) is 0 Å². The Kier molecular flexibility index (Phi) is 8.31. The number of aliphatic hydroxyl groups is 1. The van der Waals surface area contributed by atoms with Crippen LogP contribution < -0.4 is 4.90 Å². The second-order valence-electron chi connectivity index (χ2n) is 5.39. The number of pyridine rings is 1. The molecule has 1 rings (SSSR count). The quantitative estimate of drug-likeness (QED) is 0.720. The van der Waals surface area contributed by atoms with Gasteiger partial charge in [-0.15, -0.1) is 0 Å². The summed E-state index contributed by atoms with van der Waals surface area (Å²) in [4.78, 5) is 7.12. The van der Waals surface area contributed by atoms with E-state index in [1.807, 2.05) is 12.1 Å². The first kappa shape index (κ1) is 17.9. The van der Waals surface area contributed by atoms with Crippen molar-refractivity contribution >= 4 is 5.82 Å². The van der Waals surface area contributed by atoms with E-state index in [4.69, 9.17) is 9.72 Å². The lowest BCUT2D eigenvalue weighted by Gasteiger charge is -2.32. The highest BCUT2D eigenvalue weighted by Gasteiger charge is 2.18. The van der Waals surface area contributed by atoms with Crippen molar-refractivity contribution in [2.45, 2.75) is 59.1 Å². The summed E-state index contributed by atoms with van der Waals surface area (Å²) < 4.78 is 5.25. The molecule has 1 aromatic rings. The van der Waals surface area contributed by atoms with Crippen molar-refractivity contribution in [2.24, 2.45) is 0 Å². The van der Waals surface area contributed by atoms with Gasteiger partial charge in [0.1, 0.15) is 5.82 Å². The number of nitrogens with zero attached hydrogens (tertiary/aromatic N) is 2. The van der Waals surface area contributed by atoms with Gasteiger partial charge in [0.25, 0.3) is 0 Å². The molecule has 0 aliphatic carbocycles. The zero-order valence-electron chi connectivity index (χ0n) is 13.9. The fourth-order valence-electron chi connectivity index (χ4n) is 2.66. The summed E-state index contributed by atoms with van der Waals surface area (Å²) in [6.07, 6.45) is 4.16. The van der Waals surface area contributed by atoms with E-state index in [1.54, 1.807) is 7.11 Å². The second-order valence-corrected chi connectivity index (χ2v) is 5.39. The van der Waals surface area contributed by atoms with E-state index in [0.29, 0.717) is 12.6 Å². The molecule has 21 heavy (non-hydrogen) atoms. The van der Waals surface area contributed by atoms with Crippen LogP contribution in [-0.2, 0) is 17.8 Å². The van der Waals surface area contributed by atoms with Gasteiger partial charge < -0.3 is 14.7 Å². The van der Waals surface area contributed by atoms with E-state index in [2.05, 4.69) is 25.7 Å². The Morgan fingerprint density at radius 3 is 2.48 bits per heavy atom. The standard InChI is InChI=1S/C17H30N2O2/c1-5-8-15-11-14(13-20)12-17(18-15)19(9-10-21-4)16(6-2)7-3/h11-12,16,20H,5-10,13H2,1-4H3. The van der Waals surface area contributed by atoms with Crippen molar-refractivity contribution in [1.82, 2.24) is 4.98 Å². The fraction of sp³-hybridized carbons (Fsp3) is 0.706. The summed E-state index contributed by atoms with van der Waals surface area (Å²) >= 11 is 0. The minimum atomic E-state index is 0.0628. The topological polar surface area (TPSA) is 45.6 Å². The minimum absolute atomic E-state index is 0.0628. The molecule has 0 aliphatic rings. The Labute approximate surface area is 129 Å². The molecule has 0 atom stereocenters. The van der Waals surface area contributed by atoms with Gasteiger partial charge in [0.2, 0.25) is 0 Å². The molecule has 4 nitrogen and oxygen atoms in total. The zero-order valence-corrected chi connectivity index (χ0v) is 13.9. The highest BCUT2D eigenvalue weighted by atomic mass is 16.5. The number of ether oxygens (including phenoxy) is 1. The number of aliphatic hydroxyl groups excluding tert-OH is 1. The number of aromatic nitrogens is 1. The maximum atomic E-state index is 9.49. The van der Waals surface area contributed by atoms with Crippen LogP contribution in [0.2, 0.25) is 0 Å². The monoisotopic (exact) mass is 294 g/mol. The lowest BCUT2D eigenvalue weighted by atomic mass is 10.1. The summed E-state index contributed by atoms with van der Waals surface area (Å²) in [7, 11) is 1.73. The first-order valence-electron chi connectivity index (χ1n) is 8.06. The van der Waals surface area contributed by atoms with Crippen molar-refractivity contribution in [1.29, 1.82) is 0 Å². The third-order valence-corrected chi connectivity index (χ3v) is 3.83. The summed E-state index contributed by atoms with van der Waals surface area (Å²) in [5.41, 5.74) is 2.00. The molecule has 0 radical (unpaired) electrons. The Hall–Kier alpha value is -1.13. The van der Waals surface area contributed by atoms with Gasteiger partial charge in [-0.1, -0.05) is 27.2 Å². The number of hydrogen-bond donors (Lipinski definition) is 1. The normalized spacial score (nSPS) is 11.1. The smallest absolute Gasteiger partial charge is 0.129 e. The van der Waals surface area contributed by atoms with E-state index >= 15 is 0 Å². The van der Waals surface area contributed by atoms with E-state index in [1.165, 1.54) is 0 Å². The lowest BCUT2D eigenvalue weighted by molar-refractivity contribution is 0.202. The third-order valence-electron chi connectivity index (χ3n) is 3.83. The van der Waals surface area contributed by atoms with Crippen molar-refractivity contribution in [3.05, 3.63) is 23.4 Å². The maximum Gasteiger partial charge on any atom is 0.129 e. The van der Waals surface area contributed by atoms with E-state index in [-0.39, 0.29) is 6.61 Å². The minimum Gasteiger partial charge on any atom is -0.392 e. The Morgan fingerprint density at radius 1 is 1.24 bits per heavy atom. The zero-order chi connectivity index (χ0) is 15.7. The number of methoxy groups -OCH3 is 1. The number of aryl methyl sites for hydroxylation is 1. The summed E-state index contributed by atoms with van der Waals surface area (Å²) in [6.45, 7) is 8.14. The fourth-order valence-corrected chi connectivity index (χ4v) is 2.66. The highest BCUT2D eigenvalue weighted by Crippen LogP contribution is 2.21. The molecule has 0 aliphatic heterocycles. The number of anilines is 1. The van der Waals surface area contributed by atoms with Crippen molar-refractivity contribution < 1.29 is 9.84 Å². The summed E-state index contributed by atoms with van der Waals surface area (Å²) in [6, 6.07) is 4.47. The van der Waals surface area contributed by atoms with Crippen LogP contribution in [0, 0.1) is 0 Å². The first-order chi connectivity index (χ1) is 10.2. The molecular weight excluding hydrogens is 264 g/mol. The van der Waals surface area contributed by atoms with E-state index in [9.17, 15) is 5.11 Å². The molecule has 1 heterocycles. The van der Waals surface area contributed by atoms with Crippen LogP contribution in [0.15, 0.2) is 12.1 Å². The van der Waals surface area contributed by atoms with Gasteiger partial charge in [0, 0.05) is 25.4 Å². The Morgan fingerprint density at radius 2 is 1.95 bits per heavy atom. The van der Waals surface area contributed by atoms with E-state index in [0.717, 1.165) is 49.3 Å². The van der Waals surface area contributed by atoms with Crippen molar-refractivity contribution in [3.63, 3.8) is 0 Å². The molecule has 0 saturated heterocycles.